The van der Waals surface area contributed by atoms with E-state index in [0.717, 1.165) is 6.07 Å². The molecule has 1 aliphatic heterocycles. The van der Waals surface area contributed by atoms with Gasteiger partial charge in [-0.2, -0.15) is 4.31 Å². The molecule has 0 saturated carbocycles. The zero-order valence-electron chi connectivity index (χ0n) is 10.5. The van der Waals surface area contributed by atoms with Gasteiger partial charge in [-0.3, -0.25) is 0 Å². The van der Waals surface area contributed by atoms with E-state index in [1.54, 1.807) is 0 Å². The largest absolute Gasteiger partial charge is 0.478 e. The summed E-state index contributed by atoms with van der Waals surface area (Å²) in [4.78, 5) is 10.9. The molecule has 1 fully saturated rings. The van der Waals surface area contributed by atoms with Gasteiger partial charge in [-0.05, 0) is 46.5 Å². The fraction of sp³-hybridized carbons (Fsp3) is 0.417. The molecule has 1 unspecified atom stereocenters. The fourth-order valence-electron chi connectivity index (χ4n) is 2.14. The standard InChI is InChI=1S/C12H14BrNO5S/c13-10-2-1-9(12(16)17)5-11(10)20(18,19)14-4-3-8(6-14)7-15/h1-2,5,8,15H,3-4,6-7H2,(H,16,17). The number of hydrogen-bond acceptors (Lipinski definition) is 4. The van der Waals surface area contributed by atoms with Gasteiger partial charge in [0, 0.05) is 24.2 Å². The highest BCUT2D eigenvalue weighted by molar-refractivity contribution is 9.10. The Balaban J connectivity index is 2.39. The summed E-state index contributed by atoms with van der Waals surface area (Å²) in [7, 11) is -3.76. The van der Waals surface area contributed by atoms with Crippen LogP contribution in [0.15, 0.2) is 27.6 Å². The van der Waals surface area contributed by atoms with Crippen molar-refractivity contribution in [3.05, 3.63) is 28.2 Å². The summed E-state index contributed by atoms with van der Waals surface area (Å²) in [5.74, 6) is -1.24. The van der Waals surface area contributed by atoms with Crippen LogP contribution in [0, 0.1) is 5.92 Å². The monoisotopic (exact) mass is 363 g/mol. The predicted octanol–water partition coefficient (Wildman–Crippen LogP) is 1.15. The van der Waals surface area contributed by atoms with E-state index < -0.39 is 16.0 Å². The molecule has 0 bridgehead atoms. The van der Waals surface area contributed by atoms with Gasteiger partial charge in [0.05, 0.1) is 10.5 Å². The summed E-state index contributed by atoms with van der Waals surface area (Å²) in [5, 5.41) is 18.0. The van der Waals surface area contributed by atoms with Gasteiger partial charge in [-0.15, -0.1) is 0 Å². The first-order valence-electron chi connectivity index (χ1n) is 6.00. The molecule has 0 amide bonds. The van der Waals surface area contributed by atoms with Crippen molar-refractivity contribution in [2.45, 2.75) is 11.3 Å². The van der Waals surface area contributed by atoms with Crippen molar-refractivity contribution in [2.75, 3.05) is 19.7 Å². The highest BCUT2D eigenvalue weighted by Crippen LogP contribution is 2.29. The SMILES string of the molecule is O=C(O)c1ccc(Br)c(S(=O)(=O)N2CCC(CO)C2)c1. The van der Waals surface area contributed by atoms with Crippen molar-refractivity contribution in [1.82, 2.24) is 4.31 Å². The predicted molar refractivity (Wildman–Crippen MR) is 75.1 cm³/mol. The molecule has 8 heteroatoms. The first-order chi connectivity index (χ1) is 9.36. The number of aliphatic hydroxyl groups is 1. The molecular formula is C12H14BrNO5S. The molecule has 1 atom stereocenters. The lowest BCUT2D eigenvalue weighted by Gasteiger charge is -2.17. The molecule has 1 aliphatic rings. The van der Waals surface area contributed by atoms with E-state index in [-0.39, 0.29) is 29.5 Å². The Morgan fingerprint density at radius 2 is 2.15 bits per heavy atom. The average molecular weight is 364 g/mol. The van der Waals surface area contributed by atoms with E-state index in [2.05, 4.69) is 15.9 Å². The van der Waals surface area contributed by atoms with Crippen LogP contribution in [0.4, 0.5) is 0 Å². The molecule has 1 heterocycles. The van der Waals surface area contributed by atoms with Gasteiger partial charge >= 0.3 is 5.97 Å². The molecule has 2 N–H and O–H groups in total. The third-order valence-corrected chi connectivity index (χ3v) is 6.16. The lowest BCUT2D eigenvalue weighted by Crippen LogP contribution is -2.29. The summed E-state index contributed by atoms with van der Waals surface area (Å²) in [5.41, 5.74) is -0.0790. The Kier molecular flexibility index (Phi) is 4.48. The van der Waals surface area contributed by atoms with E-state index in [4.69, 9.17) is 10.2 Å². The van der Waals surface area contributed by atoms with E-state index in [9.17, 15) is 13.2 Å². The van der Waals surface area contributed by atoms with Crippen LogP contribution in [0.1, 0.15) is 16.8 Å². The molecule has 0 aromatic heterocycles. The number of sulfonamides is 1. The molecule has 2 rings (SSSR count). The van der Waals surface area contributed by atoms with Crippen LogP contribution in [0.2, 0.25) is 0 Å². The summed E-state index contributed by atoms with van der Waals surface area (Å²) in [6, 6.07) is 3.90. The topological polar surface area (TPSA) is 94.9 Å². The van der Waals surface area contributed by atoms with E-state index in [1.165, 1.54) is 16.4 Å². The summed E-state index contributed by atoms with van der Waals surface area (Å²) < 4.78 is 26.6. The zero-order valence-corrected chi connectivity index (χ0v) is 12.9. The second-order valence-corrected chi connectivity index (χ2v) is 7.41. The number of rotatable bonds is 4. The fourth-order valence-corrected chi connectivity index (χ4v) is 4.62. The maximum absolute atomic E-state index is 12.5. The van der Waals surface area contributed by atoms with Crippen molar-refractivity contribution in [3.63, 3.8) is 0 Å². The lowest BCUT2D eigenvalue weighted by atomic mass is 10.1. The van der Waals surface area contributed by atoms with Crippen LogP contribution in [-0.4, -0.2) is 48.6 Å². The van der Waals surface area contributed by atoms with Crippen molar-refractivity contribution in [2.24, 2.45) is 5.92 Å². The van der Waals surface area contributed by atoms with Crippen LogP contribution in [0.5, 0.6) is 0 Å². The van der Waals surface area contributed by atoms with Crippen LogP contribution in [-0.2, 0) is 10.0 Å². The minimum absolute atomic E-state index is 0.0532. The van der Waals surface area contributed by atoms with Crippen molar-refractivity contribution < 1.29 is 23.4 Å². The minimum Gasteiger partial charge on any atom is -0.478 e. The molecule has 6 nitrogen and oxygen atoms in total. The van der Waals surface area contributed by atoms with Crippen LogP contribution < -0.4 is 0 Å². The number of hydrogen-bond donors (Lipinski definition) is 2. The van der Waals surface area contributed by atoms with Gasteiger partial charge in [-0.25, -0.2) is 13.2 Å². The second-order valence-electron chi connectivity index (χ2n) is 4.65. The summed E-state index contributed by atoms with van der Waals surface area (Å²) in [6.45, 7) is 0.530. The molecule has 110 valence electrons. The van der Waals surface area contributed by atoms with Crippen molar-refractivity contribution in [1.29, 1.82) is 0 Å². The van der Waals surface area contributed by atoms with E-state index >= 15 is 0 Å². The first kappa shape index (κ1) is 15.4. The Morgan fingerprint density at radius 3 is 2.70 bits per heavy atom. The second kappa shape index (κ2) is 5.80. The zero-order chi connectivity index (χ0) is 14.9. The number of halogens is 1. The third kappa shape index (κ3) is 2.88. The lowest BCUT2D eigenvalue weighted by molar-refractivity contribution is 0.0696. The van der Waals surface area contributed by atoms with E-state index in [0.29, 0.717) is 17.4 Å². The quantitative estimate of drug-likeness (QED) is 0.836. The molecule has 1 saturated heterocycles. The molecular weight excluding hydrogens is 350 g/mol. The van der Waals surface area contributed by atoms with Gasteiger partial charge in [0.15, 0.2) is 0 Å². The molecule has 1 aromatic carbocycles. The molecule has 20 heavy (non-hydrogen) atoms. The first-order valence-corrected chi connectivity index (χ1v) is 8.23. The van der Waals surface area contributed by atoms with Gasteiger partial charge in [0.1, 0.15) is 0 Å². The third-order valence-electron chi connectivity index (χ3n) is 3.30. The Morgan fingerprint density at radius 1 is 1.45 bits per heavy atom. The highest BCUT2D eigenvalue weighted by Gasteiger charge is 2.33. The maximum Gasteiger partial charge on any atom is 0.335 e. The summed E-state index contributed by atoms with van der Waals surface area (Å²) in [6.07, 6.45) is 0.603. The number of aliphatic hydroxyl groups excluding tert-OH is 1. The number of carboxylic acid groups (broad SMARTS) is 1. The molecule has 1 aromatic rings. The minimum atomic E-state index is -3.76. The van der Waals surface area contributed by atoms with Gasteiger partial charge < -0.3 is 10.2 Å². The van der Waals surface area contributed by atoms with Crippen molar-refractivity contribution in [3.8, 4) is 0 Å². The maximum atomic E-state index is 12.5. The van der Waals surface area contributed by atoms with Gasteiger partial charge in [0.2, 0.25) is 10.0 Å². The van der Waals surface area contributed by atoms with Crippen LogP contribution in [0.25, 0.3) is 0 Å². The Bertz CT molecular complexity index is 631. The number of benzene rings is 1. The van der Waals surface area contributed by atoms with E-state index in [1.807, 2.05) is 0 Å². The Labute approximate surface area is 125 Å². The highest BCUT2D eigenvalue weighted by atomic mass is 79.9. The number of carboxylic acids is 1. The average Bonchev–Trinajstić information content (AvgIpc) is 2.88. The number of carbonyl (C=O) groups is 1. The Hall–Kier alpha value is -0.960. The van der Waals surface area contributed by atoms with Crippen molar-refractivity contribution >= 4 is 31.9 Å². The molecule has 0 radical (unpaired) electrons. The smallest absolute Gasteiger partial charge is 0.335 e. The van der Waals surface area contributed by atoms with Crippen LogP contribution in [0.3, 0.4) is 0 Å². The molecule has 0 spiro atoms. The number of aromatic carboxylic acids is 1. The van der Waals surface area contributed by atoms with Gasteiger partial charge in [-0.1, -0.05) is 0 Å². The number of nitrogens with zero attached hydrogens (tertiary/aromatic N) is 1. The molecule has 0 aliphatic carbocycles. The summed E-state index contributed by atoms with van der Waals surface area (Å²) >= 11 is 3.15. The van der Waals surface area contributed by atoms with Crippen LogP contribution >= 0.6 is 15.9 Å². The normalized spacial score (nSPS) is 20.2. The van der Waals surface area contributed by atoms with Gasteiger partial charge in [0.25, 0.3) is 0 Å².